The minimum atomic E-state index is -0.805. The Morgan fingerprint density at radius 3 is 2.20 bits per heavy atom. The molecular weight excluding hydrogens is 252 g/mol. The SMILES string of the molecule is CCc1nc(C2CCC(C)C2)nc(CC)c1CC(=O)O. The summed E-state index contributed by atoms with van der Waals surface area (Å²) >= 11 is 0. The van der Waals surface area contributed by atoms with Gasteiger partial charge in [-0.05, 0) is 38.0 Å². The molecule has 110 valence electrons. The van der Waals surface area contributed by atoms with Gasteiger partial charge in [0.05, 0.1) is 6.42 Å². The van der Waals surface area contributed by atoms with Crippen molar-refractivity contribution in [2.75, 3.05) is 0 Å². The van der Waals surface area contributed by atoms with Crippen LogP contribution in [0.3, 0.4) is 0 Å². The second-order valence-electron chi connectivity index (χ2n) is 5.85. The first kappa shape index (κ1) is 14.9. The van der Waals surface area contributed by atoms with Crippen LogP contribution in [-0.4, -0.2) is 21.0 Å². The second-order valence-corrected chi connectivity index (χ2v) is 5.85. The molecule has 0 spiro atoms. The number of carboxylic acids is 1. The first-order valence-electron chi connectivity index (χ1n) is 7.65. The van der Waals surface area contributed by atoms with Crippen molar-refractivity contribution in [1.29, 1.82) is 0 Å². The van der Waals surface area contributed by atoms with Crippen molar-refractivity contribution in [2.24, 2.45) is 5.92 Å². The van der Waals surface area contributed by atoms with E-state index in [-0.39, 0.29) is 6.42 Å². The Bertz CT molecular complexity index is 474. The van der Waals surface area contributed by atoms with Crippen molar-refractivity contribution >= 4 is 5.97 Å². The number of hydrogen-bond acceptors (Lipinski definition) is 3. The molecule has 2 rings (SSSR count). The highest BCUT2D eigenvalue weighted by Crippen LogP contribution is 2.36. The van der Waals surface area contributed by atoms with Gasteiger partial charge in [0.1, 0.15) is 5.82 Å². The third-order valence-electron chi connectivity index (χ3n) is 4.25. The van der Waals surface area contributed by atoms with Crippen LogP contribution in [0.4, 0.5) is 0 Å². The van der Waals surface area contributed by atoms with Crippen molar-refractivity contribution in [3.63, 3.8) is 0 Å². The van der Waals surface area contributed by atoms with E-state index in [0.717, 1.165) is 54.4 Å². The van der Waals surface area contributed by atoms with Crippen LogP contribution in [0.2, 0.25) is 0 Å². The maximum atomic E-state index is 11.0. The van der Waals surface area contributed by atoms with E-state index in [9.17, 15) is 4.79 Å². The van der Waals surface area contributed by atoms with E-state index in [1.165, 1.54) is 6.42 Å². The lowest BCUT2D eigenvalue weighted by molar-refractivity contribution is -0.136. The summed E-state index contributed by atoms with van der Waals surface area (Å²) in [7, 11) is 0. The van der Waals surface area contributed by atoms with Crippen LogP contribution in [0.25, 0.3) is 0 Å². The summed E-state index contributed by atoms with van der Waals surface area (Å²) in [5.74, 6) is 1.34. The van der Waals surface area contributed by atoms with Crippen molar-refractivity contribution in [3.8, 4) is 0 Å². The van der Waals surface area contributed by atoms with Gasteiger partial charge in [-0.15, -0.1) is 0 Å². The van der Waals surface area contributed by atoms with Crippen LogP contribution in [-0.2, 0) is 24.1 Å². The topological polar surface area (TPSA) is 63.1 Å². The molecule has 0 saturated heterocycles. The van der Waals surface area contributed by atoms with Gasteiger partial charge in [-0.2, -0.15) is 0 Å². The number of aliphatic carboxylic acids is 1. The second kappa shape index (κ2) is 6.33. The molecule has 0 aliphatic heterocycles. The molecule has 0 bridgehead atoms. The minimum Gasteiger partial charge on any atom is -0.481 e. The first-order chi connectivity index (χ1) is 9.55. The third kappa shape index (κ3) is 3.17. The van der Waals surface area contributed by atoms with Gasteiger partial charge in [-0.1, -0.05) is 20.8 Å². The van der Waals surface area contributed by atoms with E-state index in [1.54, 1.807) is 0 Å². The zero-order valence-electron chi connectivity index (χ0n) is 12.6. The van der Waals surface area contributed by atoms with Crippen LogP contribution in [0, 0.1) is 5.92 Å². The Kier molecular flexibility index (Phi) is 4.73. The molecule has 2 atom stereocenters. The van der Waals surface area contributed by atoms with Crippen LogP contribution in [0.5, 0.6) is 0 Å². The van der Waals surface area contributed by atoms with E-state index in [2.05, 4.69) is 6.92 Å². The fourth-order valence-electron chi connectivity index (χ4n) is 3.17. The fourth-order valence-corrected chi connectivity index (χ4v) is 3.17. The Hall–Kier alpha value is -1.45. The summed E-state index contributed by atoms with van der Waals surface area (Å²) in [6.45, 7) is 6.35. The number of hydrogen-bond donors (Lipinski definition) is 1. The van der Waals surface area contributed by atoms with Crippen LogP contribution >= 0.6 is 0 Å². The molecule has 20 heavy (non-hydrogen) atoms. The van der Waals surface area contributed by atoms with Gasteiger partial charge in [0.25, 0.3) is 0 Å². The zero-order valence-corrected chi connectivity index (χ0v) is 12.6. The van der Waals surface area contributed by atoms with Crippen molar-refractivity contribution in [1.82, 2.24) is 9.97 Å². The number of nitrogens with zero attached hydrogens (tertiary/aromatic N) is 2. The largest absolute Gasteiger partial charge is 0.481 e. The monoisotopic (exact) mass is 276 g/mol. The van der Waals surface area contributed by atoms with E-state index in [1.807, 2.05) is 13.8 Å². The van der Waals surface area contributed by atoms with E-state index >= 15 is 0 Å². The van der Waals surface area contributed by atoms with Crippen LogP contribution < -0.4 is 0 Å². The molecule has 2 unspecified atom stereocenters. The molecule has 4 nitrogen and oxygen atoms in total. The predicted molar refractivity (Wildman–Crippen MR) is 77.9 cm³/mol. The summed E-state index contributed by atoms with van der Waals surface area (Å²) in [5, 5.41) is 9.07. The number of carbonyl (C=O) groups is 1. The first-order valence-corrected chi connectivity index (χ1v) is 7.65. The summed E-state index contributed by atoms with van der Waals surface area (Å²) in [6, 6.07) is 0. The number of rotatable bonds is 5. The molecule has 0 aromatic carbocycles. The van der Waals surface area contributed by atoms with Crippen LogP contribution in [0.1, 0.15) is 68.7 Å². The van der Waals surface area contributed by atoms with Crippen LogP contribution in [0.15, 0.2) is 0 Å². The van der Waals surface area contributed by atoms with Crippen molar-refractivity contribution in [3.05, 3.63) is 22.8 Å². The highest BCUT2D eigenvalue weighted by Gasteiger charge is 2.26. The lowest BCUT2D eigenvalue weighted by Gasteiger charge is -2.15. The van der Waals surface area contributed by atoms with Gasteiger partial charge >= 0.3 is 5.97 Å². The molecule has 0 radical (unpaired) electrons. The summed E-state index contributed by atoms with van der Waals surface area (Å²) in [5.41, 5.74) is 2.68. The fraction of sp³-hybridized carbons (Fsp3) is 0.688. The highest BCUT2D eigenvalue weighted by molar-refractivity contribution is 5.71. The highest BCUT2D eigenvalue weighted by atomic mass is 16.4. The molecule has 0 amide bonds. The number of carboxylic acid groups (broad SMARTS) is 1. The predicted octanol–water partition coefficient (Wildman–Crippen LogP) is 3.13. The number of aromatic nitrogens is 2. The molecule has 1 N–H and O–H groups in total. The van der Waals surface area contributed by atoms with Gasteiger partial charge < -0.3 is 5.11 Å². The Morgan fingerprint density at radius 2 is 1.80 bits per heavy atom. The third-order valence-corrected chi connectivity index (χ3v) is 4.25. The number of aryl methyl sites for hydroxylation is 2. The van der Waals surface area contributed by atoms with Gasteiger partial charge in [0.15, 0.2) is 0 Å². The van der Waals surface area contributed by atoms with Gasteiger partial charge in [-0.3, -0.25) is 4.79 Å². The lowest BCUT2D eigenvalue weighted by Crippen LogP contribution is -2.14. The molecule has 1 aliphatic rings. The van der Waals surface area contributed by atoms with E-state index < -0.39 is 5.97 Å². The standard InChI is InChI=1S/C16H24N2O2/c1-4-13-12(9-15(19)20)14(5-2)18-16(17-13)11-7-6-10(3)8-11/h10-11H,4-9H2,1-3H3,(H,19,20). The molecular formula is C16H24N2O2. The quantitative estimate of drug-likeness (QED) is 0.897. The zero-order chi connectivity index (χ0) is 14.7. The Labute approximate surface area is 120 Å². The minimum absolute atomic E-state index is 0.0354. The van der Waals surface area contributed by atoms with Crippen molar-refractivity contribution in [2.45, 2.75) is 65.2 Å². The average Bonchev–Trinajstić information content (AvgIpc) is 2.85. The molecule has 1 aliphatic carbocycles. The summed E-state index contributed by atoms with van der Waals surface area (Å²) in [4.78, 5) is 20.4. The molecule has 4 heteroatoms. The smallest absolute Gasteiger partial charge is 0.307 e. The lowest BCUT2D eigenvalue weighted by atomic mass is 10.0. The maximum Gasteiger partial charge on any atom is 0.307 e. The molecule has 1 fully saturated rings. The molecule has 1 aromatic rings. The van der Waals surface area contributed by atoms with E-state index in [4.69, 9.17) is 15.1 Å². The average molecular weight is 276 g/mol. The van der Waals surface area contributed by atoms with E-state index in [0.29, 0.717) is 5.92 Å². The van der Waals surface area contributed by atoms with Gasteiger partial charge in [-0.25, -0.2) is 9.97 Å². The molecule has 1 aromatic heterocycles. The normalized spacial score (nSPS) is 22.1. The summed E-state index contributed by atoms with van der Waals surface area (Å²) in [6.07, 6.45) is 5.14. The van der Waals surface area contributed by atoms with Crippen molar-refractivity contribution < 1.29 is 9.90 Å². The molecule has 1 heterocycles. The maximum absolute atomic E-state index is 11.0. The van der Waals surface area contributed by atoms with Gasteiger partial charge in [0, 0.05) is 22.9 Å². The molecule has 1 saturated carbocycles. The van der Waals surface area contributed by atoms with Gasteiger partial charge in [0.2, 0.25) is 0 Å². The Morgan fingerprint density at radius 1 is 1.20 bits per heavy atom. The summed E-state index contributed by atoms with van der Waals surface area (Å²) < 4.78 is 0. The Balaban J connectivity index is 2.38.